The van der Waals surface area contributed by atoms with Gasteiger partial charge in [0.15, 0.2) is 0 Å². The molecule has 1 N–H and O–H groups in total. The number of alkyl halides is 3. The van der Waals surface area contributed by atoms with Gasteiger partial charge >= 0.3 is 6.18 Å². The van der Waals surface area contributed by atoms with Crippen molar-refractivity contribution in [2.45, 2.75) is 24.5 Å². The zero-order valence-electron chi connectivity index (χ0n) is 16.5. The van der Waals surface area contributed by atoms with E-state index in [1.165, 1.54) is 17.0 Å². The summed E-state index contributed by atoms with van der Waals surface area (Å²) < 4.78 is 66.0. The maximum atomic E-state index is 12.8. The Balaban J connectivity index is 1.69. The van der Waals surface area contributed by atoms with Crippen molar-refractivity contribution < 1.29 is 31.5 Å². The zero-order chi connectivity index (χ0) is 23.0. The Hall–Kier alpha value is -2.86. The number of hydrogen-bond donors (Lipinski definition) is 1. The standard InChI is InChI=1S/C19H20F3N3O5S/c1-13-2-4-15(26)16(10-13)31(29,30)25-8-6-23(7-9-25)18(28)12-24-11-14(19(20,21)22)3-5-17(24)27/h2-5,10-11,26H,6-9,12H2,1H3. The van der Waals surface area contributed by atoms with Gasteiger partial charge in [0.1, 0.15) is 17.2 Å². The normalized spacial score (nSPS) is 15.8. The Morgan fingerprint density at radius 3 is 2.35 bits per heavy atom. The van der Waals surface area contributed by atoms with E-state index in [0.717, 1.165) is 10.4 Å². The molecule has 12 heteroatoms. The van der Waals surface area contributed by atoms with Crippen molar-refractivity contribution in [2.24, 2.45) is 0 Å². The lowest BCUT2D eigenvalue weighted by atomic mass is 10.2. The number of nitrogens with zero attached hydrogens (tertiary/aromatic N) is 3. The largest absolute Gasteiger partial charge is 0.507 e. The molecule has 2 heterocycles. The van der Waals surface area contributed by atoms with E-state index in [1.54, 1.807) is 13.0 Å². The molecule has 3 rings (SSSR count). The van der Waals surface area contributed by atoms with Crippen LogP contribution in [0.3, 0.4) is 0 Å². The molecule has 0 unspecified atom stereocenters. The Morgan fingerprint density at radius 1 is 1.10 bits per heavy atom. The van der Waals surface area contributed by atoms with Gasteiger partial charge in [-0.05, 0) is 30.7 Å². The van der Waals surface area contributed by atoms with Crippen LogP contribution in [0.25, 0.3) is 0 Å². The predicted octanol–water partition coefficient (Wildman–Crippen LogP) is 1.41. The molecular weight excluding hydrogens is 439 g/mol. The van der Waals surface area contributed by atoms with Crippen LogP contribution >= 0.6 is 0 Å². The quantitative estimate of drug-likeness (QED) is 0.746. The van der Waals surface area contributed by atoms with Crippen molar-refractivity contribution in [2.75, 3.05) is 26.2 Å². The van der Waals surface area contributed by atoms with E-state index in [1.807, 2.05) is 0 Å². The Morgan fingerprint density at radius 2 is 1.74 bits per heavy atom. The average Bonchev–Trinajstić information content (AvgIpc) is 2.70. The molecule has 1 aliphatic rings. The molecule has 0 saturated carbocycles. The number of aryl methyl sites for hydroxylation is 1. The summed E-state index contributed by atoms with van der Waals surface area (Å²) in [6, 6.07) is 5.60. The van der Waals surface area contributed by atoms with Gasteiger partial charge in [-0.1, -0.05) is 6.07 Å². The third-order valence-corrected chi connectivity index (χ3v) is 6.87. The summed E-state index contributed by atoms with van der Waals surface area (Å²) in [5, 5.41) is 9.93. The number of pyridine rings is 1. The van der Waals surface area contributed by atoms with Crippen LogP contribution in [0, 0.1) is 6.92 Å². The number of hydrogen-bond acceptors (Lipinski definition) is 5. The second-order valence-corrected chi connectivity index (χ2v) is 9.04. The summed E-state index contributed by atoms with van der Waals surface area (Å²) in [4.78, 5) is 25.4. The average molecular weight is 459 g/mol. The maximum absolute atomic E-state index is 12.8. The summed E-state index contributed by atoms with van der Waals surface area (Å²) in [6.07, 6.45) is -4.07. The molecule has 0 spiro atoms. The highest BCUT2D eigenvalue weighted by Gasteiger charge is 2.33. The molecule has 8 nitrogen and oxygen atoms in total. The summed E-state index contributed by atoms with van der Waals surface area (Å²) in [5.41, 5.74) is -1.15. The number of sulfonamides is 1. The fourth-order valence-corrected chi connectivity index (χ4v) is 4.80. The van der Waals surface area contributed by atoms with Gasteiger partial charge in [0.2, 0.25) is 15.9 Å². The molecule has 1 aliphatic heterocycles. The van der Waals surface area contributed by atoms with Crippen LogP contribution in [-0.2, 0) is 27.5 Å². The number of benzene rings is 1. The number of rotatable bonds is 4. The smallest absolute Gasteiger partial charge is 0.417 e. The summed E-state index contributed by atoms with van der Waals surface area (Å²) in [5.74, 6) is -0.982. The van der Waals surface area contributed by atoms with Gasteiger partial charge in [0, 0.05) is 38.4 Å². The van der Waals surface area contributed by atoms with Gasteiger partial charge in [-0.15, -0.1) is 0 Å². The van der Waals surface area contributed by atoms with Gasteiger partial charge in [-0.2, -0.15) is 17.5 Å². The minimum atomic E-state index is -4.65. The lowest BCUT2D eigenvalue weighted by Crippen LogP contribution is -2.51. The first-order valence-corrected chi connectivity index (χ1v) is 10.7. The summed E-state index contributed by atoms with van der Waals surface area (Å²) >= 11 is 0. The van der Waals surface area contributed by atoms with Crippen molar-refractivity contribution in [3.8, 4) is 5.75 Å². The molecule has 1 amide bonds. The van der Waals surface area contributed by atoms with Gasteiger partial charge < -0.3 is 14.6 Å². The van der Waals surface area contributed by atoms with Crippen LogP contribution in [0.15, 0.2) is 46.2 Å². The number of carbonyl (C=O) groups excluding carboxylic acids is 1. The van der Waals surface area contributed by atoms with E-state index < -0.39 is 39.8 Å². The first-order valence-electron chi connectivity index (χ1n) is 9.25. The second kappa shape index (κ2) is 8.35. The van der Waals surface area contributed by atoms with Gasteiger partial charge in [0.25, 0.3) is 5.56 Å². The maximum Gasteiger partial charge on any atom is 0.417 e. The first-order chi connectivity index (χ1) is 14.4. The molecule has 1 aromatic carbocycles. The molecule has 1 fully saturated rings. The van der Waals surface area contributed by atoms with Crippen molar-refractivity contribution >= 4 is 15.9 Å². The topological polar surface area (TPSA) is 99.9 Å². The lowest BCUT2D eigenvalue weighted by Gasteiger charge is -2.34. The molecule has 0 atom stereocenters. The molecular formula is C19H20F3N3O5S. The van der Waals surface area contributed by atoms with Crippen molar-refractivity contribution in [1.29, 1.82) is 0 Å². The highest BCUT2D eigenvalue weighted by molar-refractivity contribution is 7.89. The number of piperazine rings is 1. The third kappa shape index (κ3) is 4.90. The SMILES string of the molecule is Cc1ccc(O)c(S(=O)(=O)N2CCN(C(=O)Cn3cc(C(F)(F)F)ccc3=O)CC2)c1. The van der Waals surface area contributed by atoms with E-state index in [0.29, 0.717) is 22.4 Å². The van der Waals surface area contributed by atoms with Gasteiger partial charge in [-0.3, -0.25) is 9.59 Å². The van der Waals surface area contributed by atoms with E-state index >= 15 is 0 Å². The Bertz CT molecular complexity index is 1150. The molecule has 2 aromatic rings. The fourth-order valence-electron chi connectivity index (χ4n) is 3.21. The number of halogens is 3. The molecule has 0 bridgehead atoms. The lowest BCUT2D eigenvalue weighted by molar-refractivity contribution is -0.139. The Labute approximate surface area is 176 Å². The number of phenols is 1. The second-order valence-electron chi connectivity index (χ2n) is 7.14. The molecule has 31 heavy (non-hydrogen) atoms. The van der Waals surface area contributed by atoms with Crippen LogP contribution in [-0.4, -0.2) is 59.4 Å². The highest BCUT2D eigenvalue weighted by atomic mass is 32.2. The van der Waals surface area contributed by atoms with Crippen LogP contribution < -0.4 is 5.56 Å². The van der Waals surface area contributed by atoms with E-state index in [2.05, 4.69) is 0 Å². The zero-order valence-corrected chi connectivity index (χ0v) is 17.3. The van der Waals surface area contributed by atoms with Crippen molar-refractivity contribution in [3.05, 3.63) is 58.0 Å². The minimum Gasteiger partial charge on any atom is -0.507 e. The van der Waals surface area contributed by atoms with Gasteiger partial charge in [0.05, 0.1) is 5.56 Å². The van der Waals surface area contributed by atoms with Gasteiger partial charge in [-0.25, -0.2) is 8.42 Å². The first kappa shape index (κ1) is 22.8. The molecule has 0 aliphatic carbocycles. The number of carbonyl (C=O) groups is 1. The molecule has 1 aromatic heterocycles. The fraction of sp³-hybridized carbons (Fsp3) is 0.368. The highest BCUT2D eigenvalue weighted by Crippen LogP contribution is 2.29. The third-order valence-electron chi connectivity index (χ3n) is 4.94. The van der Waals surface area contributed by atoms with E-state index in [-0.39, 0.29) is 36.8 Å². The van der Waals surface area contributed by atoms with Crippen LogP contribution in [0.2, 0.25) is 0 Å². The summed E-state index contributed by atoms with van der Waals surface area (Å²) in [6.45, 7) is 0.980. The van der Waals surface area contributed by atoms with Crippen LogP contribution in [0.1, 0.15) is 11.1 Å². The molecule has 1 saturated heterocycles. The predicted molar refractivity (Wildman–Crippen MR) is 104 cm³/mol. The van der Waals surface area contributed by atoms with Crippen molar-refractivity contribution in [3.63, 3.8) is 0 Å². The molecule has 168 valence electrons. The number of amides is 1. The minimum absolute atomic E-state index is 0.00163. The van der Waals surface area contributed by atoms with E-state index in [4.69, 9.17) is 0 Å². The monoisotopic (exact) mass is 459 g/mol. The number of aromatic nitrogens is 1. The molecule has 0 radical (unpaired) electrons. The Kier molecular flexibility index (Phi) is 6.14. The van der Waals surface area contributed by atoms with E-state index in [9.17, 15) is 36.3 Å². The van der Waals surface area contributed by atoms with Crippen molar-refractivity contribution in [1.82, 2.24) is 13.8 Å². The number of phenolic OH excluding ortho intramolecular Hbond substituents is 1. The summed E-state index contributed by atoms with van der Waals surface area (Å²) in [7, 11) is -3.99. The van der Waals surface area contributed by atoms with Crippen LogP contribution in [0.4, 0.5) is 13.2 Å². The van der Waals surface area contributed by atoms with Crippen LogP contribution in [0.5, 0.6) is 5.75 Å². The number of aromatic hydroxyl groups is 1.